The molecule has 0 aliphatic carbocycles. The fraction of sp³-hybridized carbons (Fsp3) is 0.167. The minimum Gasteiger partial charge on any atom is -0.497 e. The van der Waals surface area contributed by atoms with E-state index >= 15 is 0 Å². The van der Waals surface area contributed by atoms with Crippen molar-refractivity contribution in [3.05, 3.63) is 29.8 Å². The van der Waals surface area contributed by atoms with E-state index in [1.807, 2.05) is 0 Å². The molecule has 2 aromatic rings. The highest BCUT2D eigenvalue weighted by Crippen LogP contribution is 2.23. The lowest BCUT2D eigenvalue weighted by atomic mass is 10.1. The van der Waals surface area contributed by atoms with Crippen molar-refractivity contribution in [2.75, 3.05) is 20.0 Å². The molecule has 1 aromatic carbocycles. The second-order valence-electron chi connectivity index (χ2n) is 3.47. The van der Waals surface area contributed by atoms with Gasteiger partial charge in [0, 0.05) is 5.39 Å². The van der Waals surface area contributed by atoms with Crippen molar-refractivity contribution in [1.82, 2.24) is 4.98 Å². The summed E-state index contributed by atoms with van der Waals surface area (Å²) in [6.07, 6.45) is 0. The molecule has 0 saturated carbocycles. The van der Waals surface area contributed by atoms with Crippen LogP contribution in [0.1, 0.15) is 10.4 Å². The first-order chi connectivity index (χ1) is 8.15. The average Bonchev–Trinajstić information content (AvgIpc) is 2.36. The lowest BCUT2D eigenvalue weighted by Gasteiger charge is -2.06. The van der Waals surface area contributed by atoms with Gasteiger partial charge in [0.05, 0.1) is 19.7 Å². The van der Waals surface area contributed by atoms with Crippen LogP contribution in [0.5, 0.6) is 5.75 Å². The van der Waals surface area contributed by atoms with E-state index in [9.17, 15) is 4.79 Å². The number of ether oxygens (including phenoxy) is 2. The van der Waals surface area contributed by atoms with Gasteiger partial charge in [-0.25, -0.2) is 9.78 Å². The lowest BCUT2D eigenvalue weighted by Crippen LogP contribution is -2.07. The number of aromatic nitrogens is 1. The monoisotopic (exact) mass is 232 g/mol. The first-order valence-electron chi connectivity index (χ1n) is 4.98. The van der Waals surface area contributed by atoms with Crippen LogP contribution in [0.3, 0.4) is 0 Å². The van der Waals surface area contributed by atoms with E-state index in [-0.39, 0.29) is 11.4 Å². The molecule has 0 bridgehead atoms. The molecule has 5 nitrogen and oxygen atoms in total. The van der Waals surface area contributed by atoms with Crippen LogP contribution >= 0.6 is 0 Å². The number of methoxy groups -OCH3 is 2. The second kappa shape index (κ2) is 4.29. The molecule has 0 spiro atoms. The first kappa shape index (κ1) is 11.2. The Balaban J connectivity index is 2.64. The van der Waals surface area contributed by atoms with Crippen molar-refractivity contribution >= 4 is 22.7 Å². The highest BCUT2D eigenvalue weighted by atomic mass is 16.5. The number of pyridine rings is 1. The quantitative estimate of drug-likeness (QED) is 0.796. The number of nitrogen functional groups attached to an aromatic ring is 1. The van der Waals surface area contributed by atoms with E-state index in [0.717, 1.165) is 5.39 Å². The Kier molecular flexibility index (Phi) is 2.82. The number of anilines is 1. The Bertz CT molecular complexity index is 581. The van der Waals surface area contributed by atoms with Gasteiger partial charge in [0.25, 0.3) is 0 Å². The van der Waals surface area contributed by atoms with Gasteiger partial charge >= 0.3 is 5.97 Å². The van der Waals surface area contributed by atoms with Crippen LogP contribution in [0.15, 0.2) is 24.3 Å². The van der Waals surface area contributed by atoms with Gasteiger partial charge in [-0.05, 0) is 24.3 Å². The van der Waals surface area contributed by atoms with Gasteiger partial charge < -0.3 is 15.2 Å². The normalized spacial score (nSPS) is 10.2. The van der Waals surface area contributed by atoms with Gasteiger partial charge in [0.15, 0.2) is 0 Å². The summed E-state index contributed by atoms with van der Waals surface area (Å²) in [6, 6.07) is 7.00. The molecular formula is C12H12N2O3. The standard InChI is InChI=1S/C12H12N2O3/c1-16-8-3-4-10-7(5-8)6-9(11(13)14-10)12(15)17-2/h3-6H,1-2H3,(H2,13,14). The number of carbonyl (C=O) groups excluding carboxylic acids is 1. The van der Waals surface area contributed by atoms with Crippen molar-refractivity contribution in [3.63, 3.8) is 0 Å². The maximum absolute atomic E-state index is 11.5. The lowest BCUT2D eigenvalue weighted by molar-refractivity contribution is 0.0602. The summed E-state index contributed by atoms with van der Waals surface area (Å²) in [5.74, 6) is 0.356. The van der Waals surface area contributed by atoms with Crippen LogP contribution in [0.4, 0.5) is 5.82 Å². The van der Waals surface area contributed by atoms with E-state index in [4.69, 9.17) is 10.5 Å². The zero-order valence-corrected chi connectivity index (χ0v) is 9.56. The number of fused-ring (bicyclic) bond motifs is 1. The number of nitrogens with zero attached hydrogens (tertiary/aromatic N) is 1. The van der Waals surface area contributed by atoms with Crippen molar-refractivity contribution in [3.8, 4) is 5.75 Å². The van der Waals surface area contributed by atoms with Crippen LogP contribution < -0.4 is 10.5 Å². The van der Waals surface area contributed by atoms with E-state index in [0.29, 0.717) is 11.3 Å². The van der Waals surface area contributed by atoms with Crippen LogP contribution in [0.2, 0.25) is 0 Å². The number of hydrogen-bond donors (Lipinski definition) is 1. The summed E-state index contributed by atoms with van der Waals surface area (Å²) in [5, 5.41) is 0.777. The van der Waals surface area contributed by atoms with Crippen LogP contribution in [0.25, 0.3) is 10.9 Å². The molecule has 5 heteroatoms. The second-order valence-corrected chi connectivity index (χ2v) is 3.47. The van der Waals surface area contributed by atoms with Gasteiger partial charge in [0.2, 0.25) is 0 Å². The number of hydrogen-bond acceptors (Lipinski definition) is 5. The molecule has 0 atom stereocenters. The van der Waals surface area contributed by atoms with Crippen LogP contribution in [0, 0.1) is 0 Å². The van der Waals surface area contributed by atoms with Crippen molar-refractivity contribution in [1.29, 1.82) is 0 Å². The Morgan fingerprint density at radius 2 is 2.06 bits per heavy atom. The molecular weight excluding hydrogens is 220 g/mol. The minimum absolute atomic E-state index is 0.162. The maximum atomic E-state index is 11.5. The molecule has 1 aromatic heterocycles. The summed E-state index contributed by atoms with van der Waals surface area (Å²) in [7, 11) is 2.88. The molecule has 0 aliphatic rings. The van der Waals surface area contributed by atoms with Gasteiger partial charge in [-0.15, -0.1) is 0 Å². The number of benzene rings is 1. The maximum Gasteiger partial charge on any atom is 0.341 e. The Hall–Kier alpha value is -2.30. The number of rotatable bonds is 2. The Morgan fingerprint density at radius 3 is 2.71 bits per heavy atom. The van der Waals surface area contributed by atoms with E-state index in [2.05, 4.69) is 9.72 Å². The summed E-state index contributed by atoms with van der Waals surface area (Å²) >= 11 is 0. The Labute approximate surface area is 98.2 Å². The van der Waals surface area contributed by atoms with Crippen molar-refractivity contribution in [2.24, 2.45) is 0 Å². The summed E-state index contributed by atoms with van der Waals surface area (Å²) in [4.78, 5) is 15.6. The van der Waals surface area contributed by atoms with Gasteiger partial charge in [-0.1, -0.05) is 0 Å². The third-order valence-corrected chi connectivity index (χ3v) is 2.46. The number of carbonyl (C=O) groups is 1. The molecule has 0 unspecified atom stereocenters. The van der Waals surface area contributed by atoms with Crippen molar-refractivity contribution < 1.29 is 14.3 Å². The molecule has 0 fully saturated rings. The first-order valence-corrected chi connectivity index (χ1v) is 4.98. The fourth-order valence-corrected chi connectivity index (χ4v) is 1.57. The van der Waals surface area contributed by atoms with Gasteiger partial charge in [-0.3, -0.25) is 0 Å². The predicted molar refractivity (Wildman–Crippen MR) is 64.0 cm³/mol. The fourth-order valence-electron chi connectivity index (χ4n) is 1.57. The summed E-state index contributed by atoms with van der Waals surface area (Å²) < 4.78 is 9.74. The molecule has 2 rings (SSSR count). The summed E-state index contributed by atoms with van der Waals surface area (Å²) in [5.41, 5.74) is 6.65. The molecule has 0 aliphatic heterocycles. The molecule has 1 heterocycles. The molecule has 0 saturated heterocycles. The molecule has 17 heavy (non-hydrogen) atoms. The number of nitrogens with two attached hydrogens (primary N) is 1. The largest absolute Gasteiger partial charge is 0.497 e. The third-order valence-electron chi connectivity index (χ3n) is 2.46. The molecule has 0 amide bonds. The van der Waals surface area contributed by atoms with Crippen LogP contribution in [-0.2, 0) is 4.74 Å². The Morgan fingerprint density at radius 1 is 1.29 bits per heavy atom. The zero-order chi connectivity index (χ0) is 12.4. The zero-order valence-electron chi connectivity index (χ0n) is 9.56. The topological polar surface area (TPSA) is 74.4 Å². The molecule has 2 N–H and O–H groups in total. The highest BCUT2D eigenvalue weighted by Gasteiger charge is 2.12. The smallest absolute Gasteiger partial charge is 0.341 e. The van der Waals surface area contributed by atoms with Crippen molar-refractivity contribution in [2.45, 2.75) is 0 Å². The van der Waals surface area contributed by atoms with Crippen LogP contribution in [-0.4, -0.2) is 25.2 Å². The highest BCUT2D eigenvalue weighted by molar-refractivity contribution is 5.98. The van der Waals surface area contributed by atoms with E-state index in [1.165, 1.54) is 7.11 Å². The number of esters is 1. The van der Waals surface area contributed by atoms with Gasteiger partial charge in [-0.2, -0.15) is 0 Å². The SMILES string of the molecule is COC(=O)c1cc2cc(OC)ccc2nc1N. The molecule has 88 valence electrons. The predicted octanol–water partition coefficient (Wildman–Crippen LogP) is 1.61. The molecule has 0 radical (unpaired) electrons. The third kappa shape index (κ3) is 1.99. The van der Waals surface area contributed by atoms with E-state index < -0.39 is 5.97 Å². The van der Waals surface area contributed by atoms with Gasteiger partial charge in [0.1, 0.15) is 17.1 Å². The average molecular weight is 232 g/mol. The minimum atomic E-state index is -0.500. The van der Waals surface area contributed by atoms with E-state index in [1.54, 1.807) is 31.4 Å². The summed E-state index contributed by atoms with van der Waals surface area (Å²) in [6.45, 7) is 0.